The summed E-state index contributed by atoms with van der Waals surface area (Å²) in [7, 11) is 0. The molecule has 16 heavy (non-hydrogen) atoms. The van der Waals surface area contributed by atoms with Crippen molar-refractivity contribution in [2.75, 3.05) is 26.3 Å². The largest absolute Gasteiger partial charge is 0.375 e. The third kappa shape index (κ3) is 6.58. The van der Waals surface area contributed by atoms with Crippen molar-refractivity contribution in [3.05, 3.63) is 12.2 Å². The van der Waals surface area contributed by atoms with Crippen LogP contribution in [0.3, 0.4) is 0 Å². The van der Waals surface area contributed by atoms with E-state index in [1.165, 1.54) is 0 Å². The first-order chi connectivity index (χ1) is 7.40. The second-order valence-electron chi connectivity index (χ2n) is 4.42. The molecule has 0 aromatic heterocycles. The van der Waals surface area contributed by atoms with E-state index in [2.05, 4.69) is 17.2 Å². The minimum absolute atomic E-state index is 0.00623. The van der Waals surface area contributed by atoms with E-state index >= 15 is 0 Å². The number of ether oxygens (including phenoxy) is 1. The fourth-order valence-electron chi connectivity index (χ4n) is 1.23. The monoisotopic (exact) mass is 228 g/mol. The number of hydrogen-bond donors (Lipinski definition) is 2. The summed E-state index contributed by atoms with van der Waals surface area (Å²) in [5.41, 5.74) is 0.461. The molecule has 1 amide bonds. The topological polar surface area (TPSA) is 50.4 Å². The Balaban J connectivity index is 3.69. The van der Waals surface area contributed by atoms with E-state index < -0.39 is 5.54 Å². The molecule has 4 nitrogen and oxygen atoms in total. The summed E-state index contributed by atoms with van der Waals surface area (Å²) < 4.78 is 5.28. The molecule has 0 saturated carbocycles. The zero-order valence-electron chi connectivity index (χ0n) is 10.9. The van der Waals surface area contributed by atoms with E-state index in [0.29, 0.717) is 19.8 Å². The average molecular weight is 228 g/mol. The van der Waals surface area contributed by atoms with E-state index in [0.717, 1.165) is 12.1 Å². The summed E-state index contributed by atoms with van der Waals surface area (Å²) in [6, 6.07) is 0. The van der Waals surface area contributed by atoms with Crippen LogP contribution in [0, 0.1) is 0 Å². The summed E-state index contributed by atoms with van der Waals surface area (Å²) in [6.45, 7) is 13.7. The molecule has 94 valence electrons. The van der Waals surface area contributed by atoms with E-state index in [4.69, 9.17) is 4.74 Å². The Bertz CT molecular complexity index is 237. The van der Waals surface area contributed by atoms with Crippen molar-refractivity contribution < 1.29 is 9.53 Å². The maximum absolute atomic E-state index is 11.7. The van der Waals surface area contributed by atoms with Gasteiger partial charge in [-0.15, -0.1) is 0 Å². The molecule has 2 N–H and O–H groups in total. The molecule has 0 radical (unpaired) electrons. The Morgan fingerprint density at radius 3 is 2.56 bits per heavy atom. The van der Waals surface area contributed by atoms with Crippen molar-refractivity contribution in [2.45, 2.75) is 33.2 Å². The summed E-state index contributed by atoms with van der Waals surface area (Å²) in [5, 5.41) is 5.94. The fourth-order valence-corrected chi connectivity index (χ4v) is 1.23. The average Bonchev–Trinajstić information content (AvgIpc) is 2.16. The number of carbonyl (C=O) groups is 1. The molecule has 0 rings (SSSR count). The molecule has 0 bridgehead atoms. The van der Waals surface area contributed by atoms with Crippen molar-refractivity contribution in [3.63, 3.8) is 0 Å². The molecule has 4 heteroatoms. The zero-order chi connectivity index (χ0) is 12.6. The van der Waals surface area contributed by atoms with Crippen LogP contribution >= 0.6 is 0 Å². The molecule has 0 aliphatic heterocycles. The SMILES string of the molecule is C=C(C)COCCNC(=O)C(C)(C)NCC. The van der Waals surface area contributed by atoms with E-state index in [9.17, 15) is 4.79 Å². The van der Waals surface area contributed by atoms with Crippen LogP contribution < -0.4 is 10.6 Å². The highest BCUT2D eigenvalue weighted by molar-refractivity contribution is 5.85. The summed E-state index contributed by atoms with van der Waals surface area (Å²) >= 11 is 0. The Hall–Kier alpha value is -0.870. The fraction of sp³-hybridized carbons (Fsp3) is 0.750. The molecule has 0 aliphatic rings. The summed E-state index contributed by atoms with van der Waals surface area (Å²) in [4.78, 5) is 11.7. The van der Waals surface area contributed by atoms with Gasteiger partial charge in [-0.2, -0.15) is 0 Å². The lowest BCUT2D eigenvalue weighted by Crippen LogP contribution is -2.53. The van der Waals surface area contributed by atoms with Crippen LogP contribution in [0.15, 0.2) is 12.2 Å². The molecule has 0 aliphatic carbocycles. The highest BCUT2D eigenvalue weighted by Crippen LogP contribution is 2.00. The number of carbonyl (C=O) groups excluding carboxylic acids is 1. The maximum Gasteiger partial charge on any atom is 0.239 e. The number of rotatable bonds is 8. The van der Waals surface area contributed by atoms with Crippen LogP contribution in [-0.2, 0) is 9.53 Å². The predicted octanol–water partition coefficient (Wildman–Crippen LogP) is 1.08. The molecular formula is C12H24N2O2. The van der Waals surface area contributed by atoms with E-state index in [1.807, 2.05) is 27.7 Å². The second-order valence-corrected chi connectivity index (χ2v) is 4.42. The molecule has 0 saturated heterocycles. The second kappa shape index (κ2) is 7.41. The Morgan fingerprint density at radius 1 is 1.44 bits per heavy atom. The first-order valence-corrected chi connectivity index (χ1v) is 5.65. The van der Waals surface area contributed by atoms with Gasteiger partial charge in [0, 0.05) is 6.54 Å². The maximum atomic E-state index is 11.7. The Kier molecular flexibility index (Phi) is 7.01. The van der Waals surface area contributed by atoms with Gasteiger partial charge in [-0.05, 0) is 27.3 Å². The van der Waals surface area contributed by atoms with Gasteiger partial charge in [0.05, 0.1) is 18.8 Å². The molecular weight excluding hydrogens is 204 g/mol. The number of nitrogens with one attached hydrogen (secondary N) is 2. The van der Waals surface area contributed by atoms with Crippen molar-refractivity contribution >= 4 is 5.91 Å². The summed E-state index contributed by atoms with van der Waals surface area (Å²) in [5.74, 6) is -0.00623. The quantitative estimate of drug-likeness (QED) is 0.483. The van der Waals surface area contributed by atoms with E-state index in [-0.39, 0.29) is 5.91 Å². The lowest BCUT2D eigenvalue weighted by atomic mass is 10.1. The molecule has 0 unspecified atom stereocenters. The molecule has 0 spiro atoms. The summed E-state index contributed by atoms with van der Waals surface area (Å²) in [6.07, 6.45) is 0. The van der Waals surface area contributed by atoms with Crippen LogP contribution in [0.5, 0.6) is 0 Å². The van der Waals surface area contributed by atoms with Gasteiger partial charge in [0.1, 0.15) is 0 Å². The van der Waals surface area contributed by atoms with Gasteiger partial charge in [-0.1, -0.05) is 19.1 Å². The highest BCUT2D eigenvalue weighted by atomic mass is 16.5. The van der Waals surface area contributed by atoms with Crippen LogP contribution in [0.2, 0.25) is 0 Å². The number of amides is 1. The normalized spacial score (nSPS) is 11.2. The lowest BCUT2D eigenvalue weighted by Gasteiger charge is -2.24. The third-order valence-corrected chi connectivity index (χ3v) is 2.07. The minimum atomic E-state index is -0.525. The smallest absolute Gasteiger partial charge is 0.239 e. The third-order valence-electron chi connectivity index (χ3n) is 2.07. The van der Waals surface area contributed by atoms with Gasteiger partial charge < -0.3 is 15.4 Å². The molecule has 0 heterocycles. The Labute approximate surface area is 98.4 Å². The van der Waals surface area contributed by atoms with Crippen molar-refractivity contribution in [1.29, 1.82) is 0 Å². The van der Waals surface area contributed by atoms with Crippen molar-refractivity contribution in [3.8, 4) is 0 Å². The first kappa shape index (κ1) is 15.1. The highest BCUT2D eigenvalue weighted by Gasteiger charge is 2.25. The molecule has 0 fully saturated rings. The van der Waals surface area contributed by atoms with Crippen LogP contribution in [-0.4, -0.2) is 37.7 Å². The van der Waals surface area contributed by atoms with Crippen molar-refractivity contribution in [2.24, 2.45) is 0 Å². The Morgan fingerprint density at radius 2 is 2.06 bits per heavy atom. The first-order valence-electron chi connectivity index (χ1n) is 5.65. The number of hydrogen-bond acceptors (Lipinski definition) is 3. The molecule has 0 atom stereocenters. The van der Waals surface area contributed by atoms with Crippen molar-refractivity contribution in [1.82, 2.24) is 10.6 Å². The van der Waals surface area contributed by atoms with Crippen LogP contribution in [0.1, 0.15) is 27.7 Å². The van der Waals surface area contributed by atoms with Gasteiger partial charge in [-0.3, -0.25) is 4.79 Å². The zero-order valence-corrected chi connectivity index (χ0v) is 10.9. The number of likely N-dealkylation sites (N-methyl/N-ethyl adjacent to an activating group) is 1. The van der Waals surface area contributed by atoms with Crippen LogP contribution in [0.4, 0.5) is 0 Å². The molecule has 0 aromatic carbocycles. The van der Waals surface area contributed by atoms with E-state index in [1.54, 1.807) is 0 Å². The lowest BCUT2D eigenvalue weighted by molar-refractivity contribution is -0.126. The van der Waals surface area contributed by atoms with Crippen LogP contribution in [0.25, 0.3) is 0 Å². The van der Waals surface area contributed by atoms with Gasteiger partial charge in [-0.25, -0.2) is 0 Å². The van der Waals surface area contributed by atoms with Gasteiger partial charge >= 0.3 is 0 Å². The van der Waals surface area contributed by atoms with Gasteiger partial charge in [0.2, 0.25) is 5.91 Å². The standard InChI is InChI=1S/C12H24N2O2/c1-6-14-12(4,5)11(15)13-7-8-16-9-10(2)3/h14H,2,6-9H2,1,3-5H3,(H,13,15). The van der Waals surface area contributed by atoms with Gasteiger partial charge in [0.25, 0.3) is 0 Å². The minimum Gasteiger partial charge on any atom is -0.375 e. The van der Waals surface area contributed by atoms with Gasteiger partial charge in [0.15, 0.2) is 0 Å². The molecule has 0 aromatic rings. The predicted molar refractivity (Wildman–Crippen MR) is 66.4 cm³/mol.